The van der Waals surface area contributed by atoms with E-state index in [0.29, 0.717) is 12.1 Å². The fraction of sp³-hybridized carbons (Fsp3) is 0.360. The van der Waals surface area contributed by atoms with E-state index in [4.69, 9.17) is 0 Å². The molecule has 1 aromatic heterocycles. The number of rotatable bonds is 8. The maximum absolute atomic E-state index is 13.2. The quantitative estimate of drug-likeness (QED) is 0.504. The van der Waals surface area contributed by atoms with E-state index < -0.39 is 9.84 Å². The van der Waals surface area contributed by atoms with Crippen molar-refractivity contribution in [1.82, 2.24) is 14.5 Å². The zero-order chi connectivity index (χ0) is 22.9. The molecule has 0 N–H and O–H groups in total. The normalized spacial score (nSPS) is 14.0. The van der Waals surface area contributed by atoms with Gasteiger partial charge in [-0.25, -0.2) is 13.4 Å². The SMILES string of the molecule is Cc1ccc(CS(=O)(=O)c2ncc(CN(C(=O)c3ccccc3)C3CC3)n2C(C)C)cc1. The Hall–Kier alpha value is -2.93. The molecule has 0 unspecified atom stereocenters. The lowest BCUT2D eigenvalue weighted by Crippen LogP contribution is -2.33. The van der Waals surface area contributed by atoms with Crippen LogP contribution in [0.2, 0.25) is 0 Å². The summed E-state index contributed by atoms with van der Waals surface area (Å²) in [6, 6.07) is 16.8. The van der Waals surface area contributed by atoms with Gasteiger partial charge in [-0.1, -0.05) is 48.0 Å². The second-order valence-electron chi connectivity index (χ2n) is 8.77. The lowest BCUT2D eigenvalue weighted by molar-refractivity contribution is 0.0725. The minimum absolute atomic E-state index is 0.0336. The number of sulfone groups is 1. The van der Waals surface area contributed by atoms with Crippen molar-refractivity contribution in [2.45, 2.75) is 63.2 Å². The number of hydrogen-bond donors (Lipinski definition) is 0. The van der Waals surface area contributed by atoms with Gasteiger partial charge in [-0.3, -0.25) is 4.79 Å². The van der Waals surface area contributed by atoms with Crippen molar-refractivity contribution in [3.05, 3.63) is 83.2 Å². The Morgan fingerprint density at radius 2 is 1.75 bits per heavy atom. The molecule has 1 heterocycles. The summed E-state index contributed by atoms with van der Waals surface area (Å²) < 4.78 is 28.3. The molecular weight excluding hydrogens is 422 g/mol. The molecule has 0 radical (unpaired) electrons. The number of nitrogens with zero attached hydrogens (tertiary/aromatic N) is 3. The Morgan fingerprint density at radius 3 is 2.34 bits per heavy atom. The molecule has 7 heteroatoms. The van der Waals surface area contributed by atoms with Crippen LogP contribution in [0.3, 0.4) is 0 Å². The molecular formula is C25H29N3O3S. The summed E-state index contributed by atoms with van der Waals surface area (Å²) in [5.74, 6) is -0.139. The zero-order valence-electron chi connectivity index (χ0n) is 18.7. The van der Waals surface area contributed by atoms with Gasteiger partial charge in [0, 0.05) is 17.6 Å². The zero-order valence-corrected chi connectivity index (χ0v) is 19.5. The summed E-state index contributed by atoms with van der Waals surface area (Å²) in [4.78, 5) is 19.3. The molecule has 4 rings (SSSR count). The molecule has 2 aromatic carbocycles. The molecule has 1 saturated carbocycles. The van der Waals surface area contributed by atoms with E-state index in [0.717, 1.165) is 29.7 Å². The Bertz CT molecular complexity index is 1190. The third-order valence-corrected chi connectivity index (χ3v) is 7.28. The summed E-state index contributed by atoms with van der Waals surface area (Å²) in [7, 11) is -3.65. The summed E-state index contributed by atoms with van der Waals surface area (Å²) in [5.41, 5.74) is 3.19. The van der Waals surface area contributed by atoms with E-state index in [9.17, 15) is 13.2 Å². The Labute approximate surface area is 189 Å². The number of aromatic nitrogens is 2. The number of carbonyl (C=O) groups is 1. The molecule has 6 nitrogen and oxygen atoms in total. The van der Waals surface area contributed by atoms with E-state index >= 15 is 0 Å². The van der Waals surface area contributed by atoms with Gasteiger partial charge < -0.3 is 9.47 Å². The van der Waals surface area contributed by atoms with Crippen molar-refractivity contribution in [2.24, 2.45) is 0 Å². The monoisotopic (exact) mass is 451 g/mol. The first-order valence-electron chi connectivity index (χ1n) is 11.0. The number of aryl methyl sites for hydroxylation is 1. The molecule has 168 valence electrons. The van der Waals surface area contributed by atoms with Crippen molar-refractivity contribution in [3.8, 4) is 0 Å². The van der Waals surface area contributed by atoms with Crippen molar-refractivity contribution in [2.75, 3.05) is 0 Å². The first-order valence-corrected chi connectivity index (χ1v) is 12.6. The van der Waals surface area contributed by atoms with Crippen LogP contribution in [0.4, 0.5) is 0 Å². The second kappa shape index (κ2) is 8.90. The Kier molecular flexibility index (Phi) is 6.20. The van der Waals surface area contributed by atoms with Crippen LogP contribution in [0, 0.1) is 6.92 Å². The fourth-order valence-corrected chi connectivity index (χ4v) is 5.52. The van der Waals surface area contributed by atoms with Gasteiger partial charge in [0.1, 0.15) is 0 Å². The summed E-state index contributed by atoms with van der Waals surface area (Å²) >= 11 is 0. The van der Waals surface area contributed by atoms with Crippen LogP contribution < -0.4 is 0 Å². The summed E-state index contributed by atoms with van der Waals surface area (Å²) in [6.07, 6.45) is 3.54. The highest BCUT2D eigenvalue weighted by atomic mass is 32.2. The molecule has 0 aliphatic heterocycles. The van der Waals surface area contributed by atoms with Gasteiger partial charge in [0.15, 0.2) is 0 Å². The summed E-state index contributed by atoms with van der Waals surface area (Å²) in [5, 5.41) is 0.0611. The van der Waals surface area contributed by atoms with Crippen LogP contribution >= 0.6 is 0 Å². The first-order chi connectivity index (χ1) is 15.3. The lowest BCUT2D eigenvalue weighted by Gasteiger charge is -2.24. The Morgan fingerprint density at radius 1 is 1.09 bits per heavy atom. The average molecular weight is 452 g/mol. The van der Waals surface area contributed by atoms with E-state index in [-0.39, 0.29) is 28.9 Å². The van der Waals surface area contributed by atoms with Gasteiger partial charge >= 0.3 is 0 Å². The van der Waals surface area contributed by atoms with Gasteiger partial charge in [0.2, 0.25) is 15.0 Å². The van der Waals surface area contributed by atoms with Crippen molar-refractivity contribution >= 4 is 15.7 Å². The van der Waals surface area contributed by atoms with Gasteiger partial charge in [-0.15, -0.1) is 0 Å². The van der Waals surface area contributed by atoms with Crippen molar-refractivity contribution in [1.29, 1.82) is 0 Å². The maximum Gasteiger partial charge on any atom is 0.254 e. The average Bonchev–Trinajstić information content (AvgIpc) is 3.51. The number of amides is 1. The van der Waals surface area contributed by atoms with E-state index in [1.807, 2.05) is 80.3 Å². The van der Waals surface area contributed by atoms with E-state index in [1.165, 1.54) is 0 Å². The smallest absolute Gasteiger partial charge is 0.254 e. The molecule has 0 spiro atoms. The minimum Gasteiger partial charge on any atom is -0.330 e. The molecule has 1 aliphatic carbocycles. The van der Waals surface area contributed by atoms with Gasteiger partial charge in [0.05, 0.1) is 24.2 Å². The lowest BCUT2D eigenvalue weighted by atomic mass is 10.2. The number of imidazole rings is 1. The van der Waals surface area contributed by atoms with Crippen LogP contribution in [0.25, 0.3) is 0 Å². The third-order valence-electron chi connectivity index (χ3n) is 5.71. The third kappa shape index (κ3) is 4.78. The predicted molar refractivity (Wildman–Crippen MR) is 124 cm³/mol. The van der Waals surface area contributed by atoms with Gasteiger partial charge in [-0.05, 0) is 51.3 Å². The van der Waals surface area contributed by atoms with Crippen LogP contribution in [-0.2, 0) is 22.1 Å². The van der Waals surface area contributed by atoms with Crippen molar-refractivity contribution in [3.63, 3.8) is 0 Å². The summed E-state index contributed by atoms with van der Waals surface area (Å²) in [6.45, 7) is 6.19. The van der Waals surface area contributed by atoms with Gasteiger partial charge in [0.25, 0.3) is 5.91 Å². The Balaban J connectivity index is 1.64. The van der Waals surface area contributed by atoms with Crippen LogP contribution in [0.15, 0.2) is 66.0 Å². The highest BCUT2D eigenvalue weighted by molar-refractivity contribution is 7.90. The van der Waals surface area contributed by atoms with Crippen molar-refractivity contribution < 1.29 is 13.2 Å². The van der Waals surface area contributed by atoms with Crippen LogP contribution in [0.5, 0.6) is 0 Å². The highest BCUT2D eigenvalue weighted by Crippen LogP contribution is 2.31. The van der Waals surface area contributed by atoms with E-state index in [1.54, 1.807) is 10.8 Å². The topological polar surface area (TPSA) is 72.3 Å². The molecule has 1 fully saturated rings. The minimum atomic E-state index is -3.65. The maximum atomic E-state index is 13.2. The molecule has 0 saturated heterocycles. The predicted octanol–water partition coefficient (Wildman–Crippen LogP) is 4.55. The highest BCUT2D eigenvalue weighted by Gasteiger charge is 2.35. The second-order valence-corrected chi connectivity index (χ2v) is 10.7. The first kappa shape index (κ1) is 22.3. The molecule has 0 bridgehead atoms. The van der Waals surface area contributed by atoms with Crippen LogP contribution in [0.1, 0.15) is 59.9 Å². The molecule has 1 amide bonds. The van der Waals surface area contributed by atoms with E-state index in [2.05, 4.69) is 4.98 Å². The largest absolute Gasteiger partial charge is 0.330 e. The number of hydrogen-bond acceptors (Lipinski definition) is 4. The molecule has 32 heavy (non-hydrogen) atoms. The van der Waals surface area contributed by atoms with Gasteiger partial charge in [-0.2, -0.15) is 0 Å². The molecule has 0 atom stereocenters. The van der Waals surface area contributed by atoms with Crippen LogP contribution in [-0.4, -0.2) is 34.8 Å². The standard InChI is InChI=1S/C25H29N3O3S/c1-18(2)28-23(16-27(22-13-14-22)24(29)21-7-5-4-6-8-21)15-26-25(28)32(30,31)17-20-11-9-19(3)10-12-20/h4-12,15,18,22H,13-14,16-17H2,1-3H3. The fourth-order valence-electron chi connectivity index (χ4n) is 3.92. The number of benzene rings is 2. The molecule has 1 aliphatic rings. The number of carbonyl (C=O) groups excluding carboxylic acids is 1. The molecule has 3 aromatic rings.